The number of hydrogen-bond acceptors (Lipinski definition) is 3. The summed E-state index contributed by atoms with van der Waals surface area (Å²) < 4.78 is 1.71. The highest BCUT2D eigenvalue weighted by atomic mass is 16.4. The summed E-state index contributed by atoms with van der Waals surface area (Å²) in [6.45, 7) is 3.72. The van der Waals surface area contributed by atoms with Gasteiger partial charge in [-0.3, -0.25) is 9.48 Å². The molecule has 1 rings (SSSR count). The molecule has 5 nitrogen and oxygen atoms in total. The third kappa shape index (κ3) is 1.93. The molecular formula is C9H15N3O2. The van der Waals surface area contributed by atoms with Crippen LogP contribution in [0.15, 0.2) is 0 Å². The molecule has 0 aliphatic carbocycles. The van der Waals surface area contributed by atoms with Gasteiger partial charge in [0.15, 0.2) is 0 Å². The summed E-state index contributed by atoms with van der Waals surface area (Å²) in [5.41, 5.74) is 8.35. The Hall–Kier alpha value is -1.36. The zero-order chi connectivity index (χ0) is 10.9. The number of carboxylic acids is 1. The quantitative estimate of drug-likeness (QED) is 0.739. The van der Waals surface area contributed by atoms with Crippen molar-refractivity contribution in [3.8, 4) is 0 Å². The maximum absolute atomic E-state index is 10.5. The fraction of sp³-hybridized carbons (Fsp3) is 0.556. The number of carboxylic acid groups (broad SMARTS) is 1. The van der Waals surface area contributed by atoms with Gasteiger partial charge in [0.05, 0.1) is 12.1 Å². The number of nitrogens with two attached hydrogens (primary N) is 1. The molecule has 3 N–H and O–H groups in total. The number of hydrogen-bond donors (Lipinski definition) is 2. The van der Waals surface area contributed by atoms with Crippen LogP contribution in [0.5, 0.6) is 0 Å². The average Bonchev–Trinajstić information content (AvgIpc) is 2.25. The van der Waals surface area contributed by atoms with Gasteiger partial charge in [0.25, 0.3) is 0 Å². The number of aryl methyl sites for hydroxylation is 2. The molecular weight excluding hydrogens is 182 g/mol. The molecule has 0 amide bonds. The van der Waals surface area contributed by atoms with Crippen molar-refractivity contribution in [1.29, 1.82) is 0 Å². The third-order valence-corrected chi connectivity index (χ3v) is 2.33. The van der Waals surface area contributed by atoms with E-state index in [1.54, 1.807) is 4.68 Å². The summed E-state index contributed by atoms with van der Waals surface area (Å²) in [6.07, 6.45) is -0.0621. The van der Waals surface area contributed by atoms with Crippen LogP contribution in [-0.4, -0.2) is 20.9 Å². The summed E-state index contributed by atoms with van der Waals surface area (Å²) in [6, 6.07) is -0.471. The first-order chi connectivity index (χ1) is 6.43. The van der Waals surface area contributed by atoms with E-state index in [0.29, 0.717) is 0 Å². The SMILES string of the molecule is Cc1nn(C)c(C)c1[C@@H](N)CC(=O)O. The lowest BCUT2D eigenvalue weighted by Crippen LogP contribution is -2.16. The maximum atomic E-state index is 10.5. The van der Waals surface area contributed by atoms with E-state index in [0.717, 1.165) is 17.0 Å². The van der Waals surface area contributed by atoms with E-state index in [2.05, 4.69) is 5.10 Å². The van der Waals surface area contributed by atoms with Gasteiger partial charge in [0.2, 0.25) is 0 Å². The molecule has 0 bridgehead atoms. The standard InChI is InChI=1S/C9H15N3O2/c1-5-9(6(2)12(3)11-5)7(10)4-8(13)14/h7H,4,10H2,1-3H3,(H,13,14)/t7-/m0/s1. The second kappa shape index (κ2) is 3.79. The van der Waals surface area contributed by atoms with Crippen LogP contribution in [0.3, 0.4) is 0 Å². The molecule has 0 aromatic carbocycles. The summed E-state index contributed by atoms with van der Waals surface area (Å²) in [5, 5.41) is 12.8. The van der Waals surface area contributed by atoms with Crippen LogP contribution >= 0.6 is 0 Å². The lowest BCUT2D eigenvalue weighted by atomic mass is 10.0. The second-order valence-corrected chi connectivity index (χ2v) is 3.41. The maximum Gasteiger partial charge on any atom is 0.305 e. The topological polar surface area (TPSA) is 81.1 Å². The van der Waals surface area contributed by atoms with Crippen LogP contribution < -0.4 is 5.73 Å². The molecule has 0 aliphatic heterocycles. The van der Waals surface area contributed by atoms with Crippen molar-refractivity contribution in [3.05, 3.63) is 17.0 Å². The van der Waals surface area contributed by atoms with Gasteiger partial charge in [0, 0.05) is 24.3 Å². The fourth-order valence-electron chi connectivity index (χ4n) is 1.62. The molecule has 14 heavy (non-hydrogen) atoms. The molecule has 0 fully saturated rings. The van der Waals surface area contributed by atoms with Crippen LogP contribution in [0.4, 0.5) is 0 Å². The van der Waals surface area contributed by atoms with Gasteiger partial charge in [0.1, 0.15) is 0 Å². The lowest BCUT2D eigenvalue weighted by molar-refractivity contribution is -0.137. The lowest BCUT2D eigenvalue weighted by Gasteiger charge is -2.09. The molecule has 0 radical (unpaired) electrons. The highest BCUT2D eigenvalue weighted by Crippen LogP contribution is 2.21. The van der Waals surface area contributed by atoms with Gasteiger partial charge in [-0.15, -0.1) is 0 Å². The molecule has 1 aromatic rings. The zero-order valence-electron chi connectivity index (χ0n) is 8.61. The van der Waals surface area contributed by atoms with E-state index >= 15 is 0 Å². The Labute approximate surface area is 82.5 Å². The van der Waals surface area contributed by atoms with Crippen LogP contribution in [0, 0.1) is 13.8 Å². The molecule has 0 saturated heterocycles. The zero-order valence-corrected chi connectivity index (χ0v) is 8.61. The molecule has 78 valence electrons. The monoisotopic (exact) mass is 197 g/mol. The largest absolute Gasteiger partial charge is 0.481 e. The van der Waals surface area contributed by atoms with Gasteiger partial charge in [-0.1, -0.05) is 0 Å². The van der Waals surface area contributed by atoms with E-state index in [4.69, 9.17) is 10.8 Å². The average molecular weight is 197 g/mol. The first-order valence-corrected chi connectivity index (χ1v) is 4.41. The van der Waals surface area contributed by atoms with Crippen molar-refractivity contribution in [1.82, 2.24) is 9.78 Å². The number of carbonyl (C=O) groups is 1. The van der Waals surface area contributed by atoms with E-state index in [9.17, 15) is 4.79 Å². The smallest absolute Gasteiger partial charge is 0.305 e. The summed E-state index contributed by atoms with van der Waals surface area (Å²) >= 11 is 0. The van der Waals surface area contributed by atoms with Crippen LogP contribution in [0.25, 0.3) is 0 Å². The minimum atomic E-state index is -0.889. The number of aliphatic carboxylic acids is 1. The first-order valence-electron chi connectivity index (χ1n) is 4.41. The van der Waals surface area contributed by atoms with Crippen LogP contribution in [0.2, 0.25) is 0 Å². The fourth-order valence-corrected chi connectivity index (χ4v) is 1.62. The Balaban J connectivity index is 2.99. The van der Waals surface area contributed by atoms with E-state index in [1.807, 2.05) is 20.9 Å². The molecule has 0 spiro atoms. The first kappa shape index (κ1) is 10.7. The van der Waals surface area contributed by atoms with E-state index in [1.165, 1.54) is 0 Å². The molecule has 1 aromatic heterocycles. The minimum absolute atomic E-state index is 0.0621. The number of rotatable bonds is 3. The normalized spacial score (nSPS) is 12.9. The van der Waals surface area contributed by atoms with Gasteiger partial charge >= 0.3 is 5.97 Å². The Bertz CT molecular complexity index is 357. The predicted molar refractivity (Wildman–Crippen MR) is 51.9 cm³/mol. The van der Waals surface area contributed by atoms with Crippen molar-refractivity contribution >= 4 is 5.97 Å². The molecule has 0 unspecified atom stereocenters. The highest BCUT2D eigenvalue weighted by Gasteiger charge is 2.18. The summed E-state index contributed by atoms with van der Waals surface area (Å²) in [4.78, 5) is 10.5. The second-order valence-electron chi connectivity index (χ2n) is 3.41. The molecule has 1 atom stereocenters. The summed E-state index contributed by atoms with van der Waals surface area (Å²) in [7, 11) is 1.82. The molecule has 1 heterocycles. The predicted octanol–water partition coefficient (Wildman–Crippen LogP) is 0.511. The van der Waals surface area contributed by atoms with E-state index in [-0.39, 0.29) is 6.42 Å². The van der Waals surface area contributed by atoms with Crippen molar-refractivity contribution in [2.75, 3.05) is 0 Å². The minimum Gasteiger partial charge on any atom is -0.481 e. The Morgan fingerprint density at radius 2 is 2.21 bits per heavy atom. The Morgan fingerprint density at radius 1 is 1.64 bits per heavy atom. The van der Waals surface area contributed by atoms with Gasteiger partial charge in [-0.05, 0) is 13.8 Å². The van der Waals surface area contributed by atoms with Crippen LogP contribution in [-0.2, 0) is 11.8 Å². The Kier molecular flexibility index (Phi) is 2.90. The van der Waals surface area contributed by atoms with Gasteiger partial charge in [-0.2, -0.15) is 5.10 Å². The Morgan fingerprint density at radius 3 is 2.57 bits per heavy atom. The van der Waals surface area contributed by atoms with Gasteiger partial charge < -0.3 is 10.8 Å². The van der Waals surface area contributed by atoms with Crippen molar-refractivity contribution in [3.63, 3.8) is 0 Å². The van der Waals surface area contributed by atoms with Crippen LogP contribution in [0.1, 0.15) is 29.4 Å². The van der Waals surface area contributed by atoms with E-state index < -0.39 is 12.0 Å². The molecule has 0 aliphatic rings. The third-order valence-electron chi connectivity index (χ3n) is 2.33. The van der Waals surface area contributed by atoms with Crippen molar-refractivity contribution in [2.24, 2.45) is 12.8 Å². The number of aromatic nitrogens is 2. The molecule has 0 saturated carbocycles. The van der Waals surface area contributed by atoms with Crippen molar-refractivity contribution in [2.45, 2.75) is 26.3 Å². The molecule has 5 heteroatoms. The highest BCUT2D eigenvalue weighted by molar-refractivity contribution is 5.68. The van der Waals surface area contributed by atoms with Crippen molar-refractivity contribution < 1.29 is 9.90 Å². The summed E-state index contributed by atoms with van der Waals surface area (Å²) in [5.74, 6) is -0.889. The van der Waals surface area contributed by atoms with Gasteiger partial charge in [-0.25, -0.2) is 0 Å². The number of nitrogens with zero attached hydrogens (tertiary/aromatic N) is 2.